The van der Waals surface area contributed by atoms with Gasteiger partial charge in [0.05, 0.1) is 6.61 Å². The van der Waals surface area contributed by atoms with Crippen LogP contribution in [0.5, 0.6) is 34.5 Å². The molecule has 0 saturated heterocycles. The largest absolute Gasteiger partial charge is 0.504 e. The zero-order chi connectivity index (χ0) is 30.1. The van der Waals surface area contributed by atoms with Crippen LogP contribution in [0.25, 0.3) is 6.08 Å². The summed E-state index contributed by atoms with van der Waals surface area (Å²) in [5.41, 5.74) is 1.05. The number of rotatable bonds is 11. The lowest BCUT2D eigenvalue weighted by molar-refractivity contribution is -0.153. The number of benzene rings is 3. The fraction of sp³-hybridized carbons (Fsp3) is 0.207. The molecular weight excluding hydrogens is 538 g/mol. The second kappa shape index (κ2) is 13.6. The van der Waals surface area contributed by atoms with Crippen LogP contribution in [0.4, 0.5) is 0 Å². The van der Waals surface area contributed by atoms with Crippen molar-refractivity contribution in [2.24, 2.45) is 0 Å². The molecule has 0 heterocycles. The molecule has 0 fully saturated rings. The van der Waals surface area contributed by atoms with Crippen molar-refractivity contribution in [2.45, 2.75) is 31.9 Å². The van der Waals surface area contributed by atoms with E-state index in [0.29, 0.717) is 16.7 Å². The van der Waals surface area contributed by atoms with Crippen LogP contribution in [0.1, 0.15) is 23.6 Å². The molecule has 41 heavy (non-hydrogen) atoms. The van der Waals surface area contributed by atoms with E-state index in [1.54, 1.807) is 6.92 Å². The van der Waals surface area contributed by atoms with Gasteiger partial charge in [0.15, 0.2) is 40.6 Å². The number of carbonyl (C=O) groups is 3. The first-order valence-electron chi connectivity index (χ1n) is 12.4. The minimum absolute atomic E-state index is 0.00877. The van der Waals surface area contributed by atoms with Crippen LogP contribution in [0, 0.1) is 0 Å². The molecule has 0 saturated carbocycles. The summed E-state index contributed by atoms with van der Waals surface area (Å²) in [6.45, 7) is 1.58. The van der Waals surface area contributed by atoms with Crippen molar-refractivity contribution >= 4 is 23.9 Å². The van der Waals surface area contributed by atoms with Gasteiger partial charge < -0.3 is 45.4 Å². The Morgan fingerprint density at radius 2 is 1.29 bits per heavy atom. The van der Waals surface area contributed by atoms with Gasteiger partial charge in [-0.05, 0) is 66.1 Å². The fourth-order valence-electron chi connectivity index (χ4n) is 3.72. The third kappa shape index (κ3) is 8.55. The van der Waals surface area contributed by atoms with E-state index in [0.717, 1.165) is 6.08 Å². The van der Waals surface area contributed by atoms with E-state index < -0.39 is 53.0 Å². The monoisotopic (exact) mass is 567 g/mol. The quantitative estimate of drug-likeness (QED) is 0.102. The van der Waals surface area contributed by atoms with Crippen LogP contribution in [0.2, 0.25) is 0 Å². The molecule has 12 nitrogen and oxygen atoms in total. The Kier molecular flexibility index (Phi) is 10.0. The van der Waals surface area contributed by atoms with Crippen molar-refractivity contribution < 1.29 is 54.5 Å². The molecule has 3 rings (SSSR count). The maximum absolute atomic E-state index is 13.3. The van der Waals surface area contributed by atoms with Crippen LogP contribution in [0.3, 0.4) is 0 Å². The summed E-state index contributed by atoms with van der Waals surface area (Å²) < 4.78 is 10.4. The standard InChI is InChI=1S/C29H29NO11/c1-2-40-29(39)19(11-17-4-8-21(32)24(35)13-17)30-28(38)26(15-18-5-9-22(33)25(36)14-18)41-27(37)10-6-16-3-7-20(31)23(34)12-16/h3-10,12-14,19,26,31-36H,2,11,15H2,1H3,(H,30,38)/b10-6+. The van der Waals surface area contributed by atoms with E-state index in [9.17, 15) is 45.0 Å². The Bertz CT molecular complexity index is 1450. The summed E-state index contributed by atoms with van der Waals surface area (Å²) in [4.78, 5) is 38.6. The predicted octanol–water partition coefficient (Wildman–Crippen LogP) is 2.38. The Morgan fingerprint density at radius 3 is 1.83 bits per heavy atom. The predicted molar refractivity (Wildman–Crippen MR) is 144 cm³/mol. The lowest BCUT2D eigenvalue weighted by Crippen LogP contribution is -2.49. The highest BCUT2D eigenvalue weighted by Crippen LogP contribution is 2.28. The molecule has 0 aliphatic heterocycles. The van der Waals surface area contributed by atoms with Gasteiger partial charge in [-0.15, -0.1) is 0 Å². The highest BCUT2D eigenvalue weighted by atomic mass is 16.5. The van der Waals surface area contributed by atoms with Crippen molar-refractivity contribution in [2.75, 3.05) is 6.61 Å². The molecule has 2 atom stereocenters. The number of esters is 2. The molecule has 0 radical (unpaired) electrons. The number of phenols is 6. The topological polar surface area (TPSA) is 203 Å². The smallest absolute Gasteiger partial charge is 0.331 e. The zero-order valence-corrected chi connectivity index (χ0v) is 21.9. The van der Waals surface area contributed by atoms with Crippen LogP contribution in [0.15, 0.2) is 60.7 Å². The van der Waals surface area contributed by atoms with Crippen molar-refractivity contribution in [1.82, 2.24) is 5.32 Å². The number of nitrogens with one attached hydrogen (secondary N) is 1. The van der Waals surface area contributed by atoms with Gasteiger partial charge in [0, 0.05) is 18.9 Å². The van der Waals surface area contributed by atoms with Crippen molar-refractivity contribution in [1.29, 1.82) is 0 Å². The first kappa shape index (κ1) is 30.2. The molecular formula is C29H29NO11. The van der Waals surface area contributed by atoms with Crippen molar-refractivity contribution in [3.05, 3.63) is 77.4 Å². The second-order valence-corrected chi connectivity index (χ2v) is 8.87. The van der Waals surface area contributed by atoms with Gasteiger partial charge in [0.25, 0.3) is 5.91 Å². The number of hydrogen-bond acceptors (Lipinski definition) is 11. The summed E-state index contributed by atoms with van der Waals surface area (Å²) in [5, 5.41) is 60.4. The SMILES string of the molecule is CCOC(=O)C(Cc1ccc(O)c(O)c1)NC(=O)C(Cc1ccc(O)c(O)c1)OC(=O)/C=C/c1ccc(O)c(O)c1. The van der Waals surface area contributed by atoms with E-state index in [4.69, 9.17) is 9.47 Å². The number of hydrogen-bond donors (Lipinski definition) is 7. The summed E-state index contributed by atoms with van der Waals surface area (Å²) in [5.74, 6) is -5.06. The van der Waals surface area contributed by atoms with E-state index in [1.807, 2.05) is 0 Å². The number of phenolic OH excluding ortho intramolecular Hbond substituents is 6. The summed E-state index contributed by atoms with van der Waals surface area (Å²) in [7, 11) is 0. The third-order valence-corrected chi connectivity index (χ3v) is 5.79. The summed E-state index contributed by atoms with van der Waals surface area (Å²) in [6, 6.07) is 10.2. The average Bonchev–Trinajstić information content (AvgIpc) is 2.92. The normalized spacial score (nSPS) is 12.4. The maximum Gasteiger partial charge on any atom is 0.331 e. The minimum Gasteiger partial charge on any atom is -0.504 e. The van der Waals surface area contributed by atoms with Crippen LogP contribution in [-0.4, -0.2) is 67.2 Å². The molecule has 1 amide bonds. The Balaban J connectivity index is 1.84. The number of aromatic hydroxyl groups is 6. The fourth-order valence-corrected chi connectivity index (χ4v) is 3.72. The van der Waals surface area contributed by atoms with Gasteiger partial charge in [-0.25, -0.2) is 9.59 Å². The lowest BCUT2D eigenvalue weighted by Gasteiger charge is -2.22. The van der Waals surface area contributed by atoms with Gasteiger partial charge in [-0.3, -0.25) is 4.79 Å². The molecule has 216 valence electrons. The molecule has 0 spiro atoms. The van der Waals surface area contributed by atoms with Crippen molar-refractivity contribution in [3.63, 3.8) is 0 Å². The van der Waals surface area contributed by atoms with Gasteiger partial charge in [0.2, 0.25) is 0 Å². The minimum atomic E-state index is -1.52. The molecule has 3 aromatic carbocycles. The first-order valence-corrected chi connectivity index (χ1v) is 12.4. The zero-order valence-electron chi connectivity index (χ0n) is 21.9. The Hall–Kier alpha value is -5.39. The highest BCUT2D eigenvalue weighted by Gasteiger charge is 2.29. The molecule has 0 aliphatic carbocycles. The summed E-state index contributed by atoms with van der Waals surface area (Å²) >= 11 is 0. The molecule has 0 aromatic heterocycles. The lowest BCUT2D eigenvalue weighted by atomic mass is 10.0. The highest BCUT2D eigenvalue weighted by molar-refractivity contribution is 5.92. The van der Waals surface area contributed by atoms with Crippen LogP contribution >= 0.6 is 0 Å². The first-order chi connectivity index (χ1) is 19.5. The number of amides is 1. The third-order valence-electron chi connectivity index (χ3n) is 5.79. The van der Waals surface area contributed by atoms with E-state index >= 15 is 0 Å². The molecule has 0 bridgehead atoms. The van der Waals surface area contributed by atoms with E-state index in [-0.39, 0.29) is 30.9 Å². The van der Waals surface area contributed by atoms with Gasteiger partial charge >= 0.3 is 11.9 Å². The van der Waals surface area contributed by atoms with Crippen molar-refractivity contribution in [3.8, 4) is 34.5 Å². The number of carbonyl (C=O) groups excluding carboxylic acids is 3. The molecule has 12 heteroatoms. The number of ether oxygens (including phenoxy) is 2. The maximum atomic E-state index is 13.3. The molecule has 7 N–H and O–H groups in total. The van der Waals surface area contributed by atoms with Gasteiger partial charge in [0.1, 0.15) is 6.04 Å². The molecule has 3 aromatic rings. The van der Waals surface area contributed by atoms with E-state index in [2.05, 4.69) is 5.32 Å². The molecule has 0 aliphatic rings. The Morgan fingerprint density at radius 1 is 0.756 bits per heavy atom. The second-order valence-electron chi connectivity index (χ2n) is 8.87. The van der Waals surface area contributed by atoms with E-state index in [1.165, 1.54) is 60.7 Å². The summed E-state index contributed by atoms with van der Waals surface area (Å²) in [6.07, 6.45) is 0.358. The molecule has 2 unspecified atom stereocenters. The van der Waals surface area contributed by atoms with Crippen LogP contribution in [-0.2, 0) is 36.7 Å². The Labute approximate surface area is 234 Å². The average molecular weight is 568 g/mol. The van der Waals surface area contributed by atoms with Crippen LogP contribution < -0.4 is 5.32 Å². The van der Waals surface area contributed by atoms with Gasteiger partial charge in [-0.1, -0.05) is 18.2 Å². The van der Waals surface area contributed by atoms with Gasteiger partial charge in [-0.2, -0.15) is 0 Å².